The number of ether oxygens (including phenoxy) is 3. The van der Waals surface area contributed by atoms with Crippen molar-refractivity contribution < 1.29 is 43.0 Å². The third-order valence-corrected chi connectivity index (χ3v) is 16.3. The number of likely N-dealkylation sites (tertiary alicyclic amines) is 1. The van der Waals surface area contributed by atoms with E-state index in [0.717, 1.165) is 79.3 Å². The van der Waals surface area contributed by atoms with Gasteiger partial charge in [-0.25, -0.2) is 14.8 Å². The summed E-state index contributed by atoms with van der Waals surface area (Å²) in [6, 6.07) is 23.0. The zero-order chi connectivity index (χ0) is 59.1. The fourth-order valence-electron chi connectivity index (χ4n) is 11.5. The van der Waals surface area contributed by atoms with E-state index in [1.54, 1.807) is 31.0 Å². The number of methoxy groups -OCH3 is 1. The van der Waals surface area contributed by atoms with Gasteiger partial charge in [0.25, 0.3) is 5.56 Å². The third-order valence-electron chi connectivity index (χ3n) is 16.3. The van der Waals surface area contributed by atoms with Gasteiger partial charge in [-0.1, -0.05) is 48.2 Å². The number of H-pyrrole nitrogens is 1. The molecule has 0 unspecified atom stereocenters. The third kappa shape index (κ3) is 13.4. The van der Waals surface area contributed by atoms with Crippen molar-refractivity contribution >= 4 is 69.0 Å². The zero-order valence-electron chi connectivity index (χ0n) is 47.5. The molecular weight excluding hydrogens is 1070 g/mol. The number of carbonyl (C=O) groups is 6. The zero-order valence-corrected chi connectivity index (χ0v) is 47.5. The van der Waals surface area contributed by atoms with Crippen LogP contribution in [0.25, 0.3) is 32.9 Å². The summed E-state index contributed by atoms with van der Waals surface area (Å²) >= 11 is 0. The van der Waals surface area contributed by atoms with E-state index in [1.165, 1.54) is 4.90 Å². The molecular formula is C61H71N13O10. The van der Waals surface area contributed by atoms with Crippen LogP contribution < -0.4 is 52.8 Å². The van der Waals surface area contributed by atoms with Crippen LogP contribution in [-0.4, -0.2) is 144 Å². The predicted octanol–water partition coefficient (Wildman–Crippen LogP) is 3.39. The fourth-order valence-corrected chi connectivity index (χ4v) is 11.5. The lowest BCUT2D eigenvalue weighted by molar-refractivity contribution is -0.133. The second kappa shape index (κ2) is 25.4. The number of imide groups is 1. The van der Waals surface area contributed by atoms with Crippen molar-refractivity contribution in [3.8, 4) is 28.7 Å². The van der Waals surface area contributed by atoms with Crippen LogP contribution in [0, 0.1) is 17.8 Å². The second-order valence-corrected chi connectivity index (χ2v) is 22.3. The first kappa shape index (κ1) is 58.5. The SMILES string of the molecule is COc1ccc(C#CCNC2(C)CCN(C3CCN(c4nc([C@@](COCNC(=O)CNC(=O)C(CC(N)=O)CC(N)=O)(OC5CC5)c5ccccc5)c5cc(-c6cn(C)c(=O)c7[nH]ccc67)ccc5n4)CC3)CC2)cc1N1CCC(=O)NC1=O. The number of aromatic amines is 1. The van der Waals surface area contributed by atoms with Gasteiger partial charge in [-0.2, -0.15) is 0 Å². The molecule has 3 aromatic carbocycles. The predicted molar refractivity (Wildman–Crippen MR) is 314 cm³/mol. The number of piperidine rings is 2. The first-order chi connectivity index (χ1) is 40.5. The highest BCUT2D eigenvalue weighted by atomic mass is 16.6. The Morgan fingerprint density at radius 2 is 1.63 bits per heavy atom. The van der Waals surface area contributed by atoms with Crippen molar-refractivity contribution in [2.24, 2.45) is 24.4 Å². The summed E-state index contributed by atoms with van der Waals surface area (Å²) in [6.45, 7) is 5.43. The number of nitrogens with two attached hydrogens (primary N) is 2. The Morgan fingerprint density at radius 1 is 0.881 bits per heavy atom. The molecule has 4 fully saturated rings. The molecule has 23 nitrogen and oxygen atoms in total. The number of aromatic nitrogens is 4. The number of amides is 7. The van der Waals surface area contributed by atoms with Crippen LogP contribution in [-0.2, 0) is 46.1 Å². The number of nitrogens with one attached hydrogen (secondary N) is 5. The van der Waals surface area contributed by atoms with E-state index >= 15 is 0 Å². The average Bonchev–Trinajstić information content (AvgIpc) is 2.12. The number of hydrogen-bond acceptors (Lipinski definition) is 15. The molecule has 3 aliphatic heterocycles. The first-order valence-electron chi connectivity index (χ1n) is 28.4. The van der Waals surface area contributed by atoms with Gasteiger partial charge in [0, 0.05) is 105 Å². The largest absolute Gasteiger partial charge is 0.495 e. The number of nitrogens with zero attached hydrogens (tertiary/aromatic N) is 6. The molecule has 3 aromatic heterocycles. The van der Waals surface area contributed by atoms with Crippen LogP contribution in [0.1, 0.15) is 81.5 Å². The number of urea groups is 1. The number of hydrogen-bond donors (Lipinski definition) is 7. The molecule has 1 saturated carbocycles. The molecule has 84 heavy (non-hydrogen) atoms. The molecule has 1 aliphatic carbocycles. The summed E-state index contributed by atoms with van der Waals surface area (Å²) in [6.07, 6.45) is 8.15. The van der Waals surface area contributed by atoms with Crippen molar-refractivity contribution in [3.63, 3.8) is 0 Å². The van der Waals surface area contributed by atoms with Gasteiger partial charge >= 0.3 is 6.03 Å². The second-order valence-electron chi connectivity index (χ2n) is 22.3. The molecule has 10 rings (SSSR count). The van der Waals surface area contributed by atoms with Crippen LogP contribution in [0.2, 0.25) is 0 Å². The Kier molecular flexibility index (Phi) is 17.7. The molecule has 23 heteroatoms. The maximum atomic E-state index is 13.2. The monoisotopic (exact) mass is 1150 g/mol. The van der Waals surface area contributed by atoms with E-state index in [2.05, 4.69) is 54.8 Å². The number of benzene rings is 3. The molecule has 0 bridgehead atoms. The Hall–Kier alpha value is -8.69. The number of pyridine rings is 1. The molecule has 3 saturated heterocycles. The summed E-state index contributed by atoms with van der Waals surface area (Å²) in [4.78, 5) is 107. The van der Waals surface area contributed by atoms with E-state index in [1.807, 2.05) is 72.9 Å². The molecule has 440 valence electrons. The summed E-state index contributed by atoms with van der Waals surface area (Å²) in [7, 11) is 3.27. The van der Waals surface area contributed by atoms with Crippen molar-refractivity contribution in [1.29, 1.82) is 0 Å². The van der Waals surface area contributed by atoms with Gasteiger partial charge in [0.1, 0.15) is 18.0 Å². The van der Waals surface area contributed by atoms with Gasteiger partial charge < -0.3 is 61.0 Å². The molecule has 6 heterocycles. The van der Waals surface area contributed by atoms with Crippen LogP contribution in [0.15, 0.2) is 90.0 Å². The molecule has 7 amide bonds. The quantitative estimate of drug-likeness (QED) is 0.0291. The number of fused-ring (bicyclic) bond motifs is 2. The highest BCUT2D eigenvalue weighted by Crippen LogP contribution is 2.44. The summed E-state index contributed by atoms with van der Waals surface area (Å²) < 4.78 is 20.7. The minimum atomic E-state index is -1.34. The van der Waals surface area contributed by atoms with E-state index in [9.17, 15) is 33.6 Å². The van der Waals surface area contributed by atoms with Gasteiger partial charge in [0.15, 0.2) is 5.60 Å². The van der Waals surface area contributed by atoms with E-state index in [0.29, 0.717) is 65.2 Å². The van der Waals surface area contributed by atoms with Crippen LogP contribution in [0.4, 0.5) is 16.4 Å². The topological polar surface area (TPSA) is 304 Å². The van der Waals surface area contributed by atoms with E-state index < -0.39 is 60.6 Å². The number of primary amides is 2. The van der Waals surface area contributed by atoms with Crippen molar-refractivity contribution in [2.75, 3.05) is 76.1 Å². The standard InChI is InChI=1S/C61H71N13O10/c1-60(67-23-7-8-38-11-16-49(82-3)48(30-38)74-27-20-52(77)69-59(74)81)21-28-72(29-22-60)42-18-25-73(26-19-42)58-68-47-15-12-39(46-35-71(2)57(80)54-44(46)17-24-64-54)31-45(47)55(70-58)61(84-43-13-14-43,41-9-5-4-6-10-41)36-83-37-66-53(78)34-65-56(79)40(32-50(62)75)33-51(63)76/h4-6,9-12,15-17,24,30-31,35,40,42-43,64,67H,13-14,18-23,25-29,32-34,36-37H2,1-3H3,(H2,62,75)(H2,63,76)(H,65,79)(H,66,78)(H,69,77,81)/t61-/m0/s1. The summed E-state index contributed by atoms with van der Waals surface area (Å²) in [5.41, 5.74) is 14.5. The first-order valence-corrected chi connectivity index (χ1v) is 28.4. The van der Waals surface area contributed by atoms with Gasteiger partial charge in [0.2, 0.25) is 35.5 Å². The Balaban J connectivity index is 0.864. The van der Waals surface area contributed by atoms with Crippen molar-refractivity contribution in [3.05, 3.63) is 112 Å². The van der Waals surface area contributed by atoms with Crippen LogP contribution >= 0.6 is 0 Å². The normalized spacial score (nSPS) is 17.3. The smallest absolute Gasteiger partial charge is 0.328 e. The molecule has 6 aromatic rings. The number of carbonyl (C=O) groups excluding carboxylic acids is 6. The lowest BCUT2D eigenvalue weighted by Crippen LogP contribution is -2.55. The molecule has 0 radical (unpaired) electrons. The lowest BCUT2D eigenvalue weighted by atomic mass is 9.87. The molecule has 1 atom stereocenters. The van der Waals surface area contributed by atoms with E-state index in [-0.39, 0.29) is 49.4 Å². The maximum Gasteiger partial charge on any atom is 0.328 e. The maximum absolute atomic E-state index is 13.2. The highest BCUT2D eigenvalue weighted by Gasteiger charge is 2.45. The van der Waals surface area contributed by atoms with Gasteiger partial charge in [0.05, 0.1) is 55.7 Å². The highest BCUT2D eigenvalue weighted by molar-refractivity contribution is 6.06. The van der Waals surface area contributed by atoms with Gasteiger partial charge in [-0.3, -0.25) is 39.0 Å². The molecule has 9 N–H and O–H groups in total. The molecule has 4 aliphatic rings. The Labute approximate surface area is 485 Å². The average molecular weight is 1150 g/mol. The number of aryl methyl sites for hydroxylation is 1. The van der Waals surface area contributed by atoms with E-state index in [4.69, 9.17) is 35.6 Å². The van der Waals surface area contributed by atoms with Gasteiger partial charge in [-0.05, 0) is 93.0 Å². The number of rotatable bonds is 22. The Bertz CT molecular complexity index is 3580. The fraction of sp³-hybridized carbons (Fsp3) is 0.426. The van der Waals surface area contributed by atoms with Crippen molar-refractivity contribution in [1.82, 2.24) is 45.7 Å². The van der Waals surface area contributed by atoms with Crippen LogP contribution in [0.5, 0.6) is 5.75 Å². The summed E-state index contributed by atoms with van der Waals surface area (Å²) in [5.74, 6) is 3.28. The minimum Gasteiger partial charge on any atom is -0.495 e. The Morgan fingerprint density at radius 3 is 2.33 bits per heavy atom. The van der Waals surface area contributed by atoms with Crippen LogP contribution in [0.3, 0.4) is 0 Å². The number of anilines is 2. The van der Waals surface area contributed by atoms with Gasteiger partial charge in [-0.15, -0.1) is 0 Å². The molecule has 0 spiro atoms. The lowest BCUT2D eigenvalue weighted by Gasteiger charge is -2.45. The van der Waals surface area contributed by atoms with Crippen molar-refractivity contribution in [2.45, 2.75) is 88.0 Å². The summed E-state index contributed by atoms with van der Waals surface area (Å²) in [5, 5.41) is 12.7. The minimum absolute atomic E-state index is 0.0943.